The Morgan fingerprint density at radius 1 is 0.962 bits per heavy atom. The van der Waals surface area contributed by atoms with E-state index in [4.69, 9.17) is 18.9 Å². The van der Waals surface area contributed by atoms with Gasteiger partial charge in [-0.25, -0.2) is 4.79 Å². The molecule has 1 aromatic rings. The van der Waals surface area contributed by atoms with Gasteiger partial charge >= 0.3 is 11.9 Å². The minimum Gasteiger partial charge on any atom is -0.493 e. The van der Waals surface area contributed by atoms with Crippen LogP contribution in [0.25, 0.3) is 0 Å². The molecule has 0 spiro atoms. The molecule has 2 atom stereocenters. The molecule has 2 rings (SSSR count). The van der Waals surface area contributed by atoms with Crippen LogP contribution in [0, 0.1) is 5.92 Å². The Labute approximate surface area is 152 Å². The van der Waals surface area contributed by atoms with Gasteiger partial charge in [-0.1, -0.05) is 6.07 Å². The van der Waals surface area contributed by atoms with E-state index in [2.05, 4.69) is 4.99 Å². The summed E-state index contributed by atoms with van der Waals surface area (Å²) in [6.07, 6.45) is 0. The summed E-state index contributed by atoms with van der Waals surface area (Å²) >= 11 is 0. The molecule has 7 heteroatoms. The quantitative estimate of drug-likeness (QED) is 0.749. The molecule has 0 amide bonds. The van der Waals surface area contributed by atoms with Gasteiger partial charge in [-0.05, 0) is 31.5 Å². The fourth-order valence-corrected chi connectivity index (χ4v) is 3.25. The number of ether oxygens (including phenoxy) is 4. The van der Waals surface area contributed by atoms with E-state index >= 15 is 0 Å². The third-order valence-electron chi connectivity index (χ3n) is 4.46. The third-order valence-corrected chi connectivity index (χ3v) is 4.46. The second-order valence-electron chi connectivity index (χ2n) is 5.84. The molecule has 0 aromatic heterocycles. The predicted octanol–water partition coefficient (Wildman–Crippen LogP) is 2.50. The first-order chi connectivity index (χ1) is 12.4. The maximum Gasteiger partial charge on any atom is 0.336 e. The minimum atomic E-state index is -0.740. The van der Waals surface area contributed by atoms with Crippen LogP contribution in [0.5, 0.6) is 11.5 Å². The van der Waals surface area contributed by atoms with Crippen LogP contribution in [0.4, 0.5) is 0 Å². The molecule has 0 bridgehead atoms. The van der Waals surface area contributed by atoms with Crippen molar-refractivity contribution in [3.8, 4) is 11.5 Å². The SMILES string of the molecule is COC(=O)C1=C(C)N=C(C)C(C(=O)OC)[C@@H]1c1ccc(OC)c(OC)c1. The first-order valence-corrected chi connectivity index (χ1v) is 8.03. The lowest BCUT2D eigenvalue weighted by Crippen LogP contribution is -2.36. The number of carbonyl (C=O) groups excluding carboxylic acids is 2. The zero-order valence-corrected chi connectivity index (χ0v) is 15.8. The third kappa shape index (κ3) is 3.42. The van der Waals surface area contributed by atoms with Gasteiger partial charge in [0.05, 0.1) is 34.0 Å². The minimum absolute atomic E-state index is 0.320. The van der Waals surface area contributed by atoms with E-state index in [0.29, 0.717) is 34.0 Å². The number of benzene rings is 1. The standard InChI is InChI=1S/C19H23NO6/c1-10-15(18(21)25-5)17(16(11(2)20-10)19(22)26-6)12-7-8-13(23-3)14(9-12)24-4/h7-9,15,17H,1-6H3/t15?,17-/m0/s1. The first kappa shape index (κ1) is 19.5. The Balaban J connectivity index is 2.70. The van der Waals surface area contributed by atoms with Gasteiger partial charge < -0.3 is 18.9 Å². The van der Waals surface area contributed by atoms with Crippen LogP contribution < -0.4 is 9.47 Å². The Hall–Kier alpha value is -2.83. The fraction of sp³-hybridized carbons (Fsp3) is 0.421. The molecule has 0 saturated heterocycles. The van der Waals surface area contributed by atoms with Crippen molar-refractivity contribution in [2.75, 3.05) is 28.4 Å². The van der Waals surface area contributed by atoms with E-state index < -0.39 is 23.8 Å². The van der Waals surface area contributed by atoms with Crippen molar-refractivity contribution in [3.63, 3.8) is 0 Å². The van der Waals surface area contributed by atoms with Gasteiger partial charge in [0.15, 0.2) is 11.5 Å². The highest BCUT2D eigenvalue weighted by Gasteiger charge is 2.42. The largest absolute Gasteiger partial charge is 0.493 e. The maximum atomic E-state index is 12.5. The lowest BCUT2D eigenvalue weighted by Gasteiger charge is -2.31. The summed E-state index contributed by atoms with van der Waals surface area (Å²) < 4.78 is 20.5. The number of allylic oxidation sites excluding steroid dienone is 1. The summed E-state index contributed by atoms with van der Waals surface area (Å²) in [6.45, 7) is 3.46. The molecule has 1 aliphatic rings. The van der Waals surface area contributed by atoms with E-state index in [0.717, 1.165) is 0 Å². The molecule has 1 unspecified atom stereocenters. The molecule has 0 fully saturated rings. The van der Waals surface area contributed by atoms with Crippen LogP contribution in [0.2, 0.25) is 0 Å². The summed E-state index contributed by atoms with van der Waals surface area (Å²) in [5.74, 6) is -1.31. The number of hydrogen-bond acceptors (Lipinski definition) is 7. The zero-order valence-electron chi connectivity index (χ0n) is 15.8. The number of hydrogen-bond donors (Lipinski definition) is 0. The molecule has 0 radical (unpaired) electrons. The topological polar surface area (TPSA) is 83.4 Å². The molecule has 1 heterocycles. The highest BCUT2D eigenvalue weighted by atomic mass is 16.5. The van der Waals surface area contributed by atoms with Gasteiger partial charge in [0, 0.05) is 17.3 Å². The van der Waals surface area contributed by atoms with E-state index in [1.165, 1.54) is 28.4 Å². The van der Waals surface area contributed by atoms with Crippen molar-refractivity contribution < 1.29 is 28.5 Å². The monoisotopic (exact) mass is 361 g/mol. The Kier molecular flexibility index (Phi) is 6.02. The molecule has 140 valence electrons. The Bertz CT molecular complexity index is 780. The van der Waals surface area contributed by atoms with Crippen molar-refractivity contribution in [3.05, 3.63) is 35.0 Å². The van der Waals surface area contributed by atoms with Crippen LogP contribution in [-0.2, 0) is 19.1 Å². The highest BCUT2D eigenvalue weighted by molar-refractivity contribution is 6.07. The van der Waals surface area contributed by atoms with Crippen molar-refractivity contribution in [1.29, 1.82) is 0 Å². The van der Waals surface area contributed by atoms with E-state index in [1.54, 1.807) is 32.0 Å². The summed E-state index contributed by atoms with van der Waals surface area (Å²) in [5.41, 5.74) is 2.10. The lowest BCUT2D eigenvalue weighted by molar-refractivity contribution is -0.143. The number of carbonyl (C=O) groups is 2. The van der Waals surface area contributed by atoms with Crippen molar-refractivity contribution in [1.82, 2.24) is 0 Å². The smallest absolute Gasteiger partial charge is 0.336 e. The Morgan fingerprint density at radius 2 is 1.62 bits per heavy atom. The van der Waals surface area contributed by atoms with Crippen LogP contribution in [-0.4, -0.2) is 46.1 Å². The first-order valence-electron chi connectivity index (χ1n) is 8.03. The molecular formula is C19H23NO6. The molecule has 1 aliphatic heterocycles. The summed E-state index contributed by atoms with van der Waals surface area (Å²) in [7, 11) is 5.67. The van der Waals surface area contributed by atoms with Crippen molar-refractivity contribution in [2.24, 2.45) is 10.9 Å². The highest BCUT2D eigenvalue weighted by Crippen LogP contribution is 2.42. The van der Waals surface area contributed by atoms with Gasteiger partial charge in [-0.15, -0.1) is 0 Å². The van der Waals surface area contributed by atoms with Gasteiger partial charge in [0.1, 0.15) is 5.92 Å². The lowest BCUT2D eigenvalue weighted by atomic mass is 9.75. The predicted molar refractivity (Wildman–Crippen MR) is 95.6 cm³/mol. The number of rotatable bonds is 5. The zero-order chi connectivity index (χ0) is 19.4. The number of methoxy groups -OCH3 is 4. The molecule has 26 heavy (non-hydrogen) atoms. The van der Waals surface area contributed by atoms with Gasteiger partial charge in [-0.2, -0.15) is 0 Å². The van der Waals surface area contributed by atoms with Crippen LogP contribution in [0.15, 0.2) is 34.5 Å². The molecule has 1 aromatic carbocycles. The van der Waals surface area contributed by atoms with E-state index in [9.17, 15) is 9.59 Å². The average molecular weight is 361 g/mol. The van der Waals surface area contributed by atoms with Gasteiger partial charge in [0.2, 0.25) is 0 Å². The van der Waals surface area contributed by atoms with E-state index in [-0.39, 0.29) is 0 Å². The van der Waals surface area contributed by atoms with Crippen LogP contribution in [0.3, 0.4) is 0 Å². The van der Waals surface area contributed by atoms with Gasteiger partial charge in [0.25, 0.3) is 0 Å². The summed E-state index contributed by atoms with van der Waals surface area (Å²) in [5, 5.41) is 0. The number of aliphatic imine (C=N–C) groups is 1. The second kappa shape index (κ2) is 8.03. The normalized spacial score (nSPS) is 19.5. The van der Waals surface area contributed by atoms with E-state index in [1.807, 2.05) is 0 Å². The molecule has 7 nitrogen and oxygen atoms in total. The van der Waals surface area contributed by atoms with Crippen LogP contribution in [0.1, 0.15) is 25.3 Å². The summed E-state index contributed by atoms with van der Waals surface area (Å²) in [4.78, 5) is 29.3. The van der Waals surface area contributed by atoms with Crippen molar-refractivity contribution >= 4 is 17.7 Å². The molecule has 0 N–H and O–H groups in total. The fourth-order valence-electron chi connectivity index (χ4n) is 3.25. The molecular weight excluding hydrogens is 338 g/mol. The van der Waals surface area contributed by atoms with Crippen LogP contribution >= 0.6 is 0 Å². The number of nitrogens with zero attached hydrogens (tertiary/aromatic N) is 1. The number of esters is 2. The van der Waals surface area contributed by atoms with Gasteiger partial charge in [-0.3, -0.25) is 9.79 Å². The second-order valence-corrected chi connectivity index (χ2v) is 5.84. The average Bonchev–Trinajstić information content (AvgIpc) is 2.65. The maximum absolute atomic E-state index is 12.5. The molecule has 0 aliphatic carbocycles. The molecule has 0 saturated carbocycles. The van der Waals surface area contributed by atoms with Crippen molar-refractivity contribution in [2.45, 2.75) is 19.8 Å². The summed E-state index contributed by atoms with van der Waals surface area (Å²) in [6, 6.07) is 5.26. The Morgan fingerprint density at radius 3 is 2.15 bits per heavy atom.